The van der Waals surface area contributed by atoms with Crippen molar-refractivity contribution in [2.45, 2.75) is 44.1 Å². The Kier molecular flexibility index (Phi) is 7.12. The lowest BCUT2D eigenvalue weighted by atomic mass is 9.79. The second-order valence-electron chi connectivity index (χ2n) is 10.4. The highest BCUT2D eigenvalue weighted by Gasteiger charge is 2.46. The van der Waals surface area contributed by atoms with Crippen molar-refractivity contribution in [3.05, 3.63) is 66.0 Å². The van der Waals surface area contributed by atoms with Gasteiger partial charge in [0.1, 0.15) is 11.6 Å². The first-order chi connectivity index (χ1) is 16.6. The summed E-state index contributed by atoms with van der Waals surface area (Å²) in [6.07, 6.45) is 6.71. The molecule has 2 saturated carbocycles. The van der Waals surface area contributed by atoms with E-state index in [1.54, 1.807) is 7.11 Å². The van der Waals surface area contributed by atoms with Crippen LogP contribution < -0.4 is 10.2 Å². The number of methoxy groups -OCH3 is 1. The maximum atomic E-state index is 5.71. The molecule has 0 radical (unpaired) electrons. The molecule has 34 heavy (non-hydrogen) atoms. The van der Waals surface area contributed by atoms with Gasteiger partial charge in [-0.05, 0) is 74.1 Å². The smallest absolute Gasteiger partial charge is 0.139 e. The van der Waals surface area contributed by atoms with E-state index < -0.39 is 0 Å². The van der Waals surface area contributed by atoms with E-state index in [-0.39, 0.29) is 6.10 Å². The predicted molar refractivity (Wildman–Crippen MR) is 139 cm³/mol. The summed E-state index contributed by atoms with van der Waals surface area (Å²) in [5.74, 6) is 5.01. The standard InChI is InChI=1S/C29H38N4O/c1-33(2)29-23-11-7-8-12-26(23)31-28(32-29)25-17-24(25)21-15-13-20(14-16-21)18-30-19-27(34-3)22-9-5-4-6-10-22/h4-12,20-21,24-25,27,30H,13-19H2,1-3H3/t20?,21?,24?,25?,27-/m0/s1. The van der Waals surface area contributed by atoms with Crippen LogP contribution in [-0.4, -0.2) is 44.3 Å². The fourth-order valence-electron chi connectivity index (χ4n) is 5.86. The summed E-state index contributed by atoms with van der Waals surface area (Å²) < 4.78 is 5.71. The fraction of sp³-hybridized carbons (Fsp3) is 0.517. The number of benzene rings is 2. The van der Waals surface area contributed by atoms with Gasteiger partial charge in [0.2, 0.25) is 0 Å². The third-order valence-electron chi connectivity index (χ3n) is 7.91. The summed E-state index contributed by atoms with van der Waals surface area (Å²) in [4.78, 5) is 12.1. The first-order valence-electron chi connectivity index (χ1n) is 12.9. The zero-order valence-corrected chi connectivity index (χ0v) is 20.8. The molecular formula is C29H38N4O. The lowest BCUT2D eigenvalue weighted by Crippen LogP contribution is -2.30. The molecule has 2 aromatic carbocycles. The summed E-state index contributed by atoms with van der Waals surface area (Å²) in [6, 6.07) is 18.9. The average Bonchev–Trinajstić information content (AvgIpc) is 3.68. The van der Waals surface area contributed by atoms with Crippen molar-refractivity contribution in [3.8, 4) is 0 Å². The molecule has 3 aromatic rings. The summed E-state index contributed by atoms with van der Waals surface area (Å²) in [5, 5.41) is 4.83. The van der Waals surface area contributed by atoms with Crippen molar-refractivity contribution in [1.82, 2.24) is 15.3 Å². The molecular weight excluding hydrogens is 420 g/mol. The van der Waals surface area contributed by atoms with E-state index in [0.29, 0.717) is 5.92 Å². The summed E-state index contributed by atoms with van der Waals surface area (Å²) in [7, 11) is 5.96. The predicted octanol–water partition coefficient (Wildman–Crippen LogP) is 5.58. The first-order valence-corrected chi connectivity index (χ1v) is 12.9. The Morgan fingerprint density at radius 1 is 0.971 bits per heavy atom. The van der Waals surface area contributed by atoms with Crippen LogP contribution in [0.2, 0.25) is 0 Å². The van der Waals surface area contributed by atoms with Crippen molar-refractivity contribution in [3.63, 3.8) is 0 Å². The van der Waals surface area contributed by atoms with Gasteiger partial charge in [-0.15, -0.1) is 0 Å². The number of anilines is 1. The van der Waals surface area contributed by atoms with Gasteiger partial charge in [-0.1, -0.05) is 42.5 Å². The van der Waals surface area contributed by atoms with Gasteiger partial charge in [-0.3, -0.25) is 0 Å². The molecule has 180 valence electrons. The summed E-state index contributed by atoms with van der Waals surface area (Å²) >= 11 is 0. The Bertz CT molecular complexity index is 1080. The number of aromatic nitrogens is 2. The van der Waals surface area contributed by atoms with Crippen LogP contribution >= 0.6 is 0 Å². The minimum atomic E-state index is 0.124. The normalized spacial score (nSPS) is 25.3. The largest absolute Gasteiger partial charge is 0.375 e. The van der Waals surface area contributed by atoms with Crippen molar-refractivity contribution in [2.75, 3.05) is 39.2 Å². The topological polar surface area (TPSA) is 50.3 Å². The molecule has 2 fully saturated rings. The van der Waals surface area contributed by atoms with Gasteiger partial charge in [-0.25, -0.2) is 9.97 Å². The van der Waals surface area contributed by atoms with E-state index in [9.17, 15) is 0 Å². The van der Waals surface area contributed by atoms with E-state index in [1.807, 2.05) is 0 Å². The van der Waals surface area contributed by atoms with Crippen LogP contribution in [0.3, 0.4) is 0 Å². The van der Waals surface area contributed by atoms with Crippen LogP contribution in [0.15, 0.2) is 54.6 Å². The van der Waals surface area contributed by atoms with Crippen LogP contribution in [0.1, 0.15) is 55.5 Å². The van der Waals surface area contributed by atoms with Gasteiger partial charge in [0.25, 0.3) is 0 Å². The second kappa shape index (κ2) is 10.4. The van der Waals surface area contributed by atoms with E-state index in [1.165, 1.54) is 37.7 Å². The number of hydrogen-bond donors (Lipinski definition) is 1. The van der Waals surface area contributed by atoms with Crippen molar-refractivity contribution in [2.24, 2.45) is 17.8 Å². The van der Waals surface area contributed by atoms with Crippen LogP contribution in [0.4, 0.5) is 5.82 Å². The zero-order valence-electron chi connectivity index (χ0n) is 20.8. The lowest BCUT2D eigenvalue weighted by molar-refractivity contribution is 0.100. The van der Waals surface area contributed by atoms with E-state index in [4.69, 9.17) is 14.7 Å². The molecule has 5 rings (SSSR count). The number of para-hydroxylation sites is 1. The van der Waals surface area contributed by atoms with Crippen molar-refractivity contribution in [1.29, 1.82) is 0 Å². The molecule has 2 unspecified atom stereocenters. The SMILES string of the molecule is CO[C@@H](CNCC1CCC(C2CC2c2nc(N(C)C)c3ccccc3n2)CC1)c1ccccc1. The third kappa shape index (κ3) is 5.11. The molecule has 0 aliphatic heterocycles. The molecule has 0 bridgehead atoms. The number of ether oxygens (including phenoxy) is 1. The Balaban J connectivity index is 1.12. The first kappa shape index (κ1) is 23.3. The quantitative estimate of drug-likeness (QED) is 0.453. The summed E-state index contributed by atoms with van der Waals surface area (Å²) in [5.41, 5.74) is 2.32. The van der Waals surface area contributed by atoms with E-state index >= 15 is 0 Å². The van der Waals surface area contributed by atoms with Crippen molar-refractivity contribution >= 4 is 16.7 Å². The van der Waals surface area contributed by atoms with Gasteiger partial charge >= 0.3 is 0 Å². The molecule has 5 nitrogen and oxygen atoms in total. The maximum Gasteiger partial charge on any atom is 0.139 e. The van der Waals surface area contributed by atoms with Crippen LogP contribution in [-0.2, 0) is 4.74 Å². The monoisotopic (exact) mass is 458 g/mol. The summed E-state index contributed by atoms with van der Waals surface area (Å²) in [6.45, 7) is 1.96. The lowest BCUT2D eigenvalue weighted by Gasteiger charge is -2.29. The Morgan fingerprint density at radius 2 is 1.71 bits per heavy atom. The van der Waals surface area contributed by atoms with Gasteiger partial charge in [0.15, 0.2) is 0 Å². The number of nitrogens with one attached hydrogen (secondary N) is 1. The molecule has 2 aliphatic rings. The minimum absolute atomic E-state index is 0.124. The van der Waals surface area contributed by atoms with Crippen molar-refractivity contribution < 1.29 is 4.74 Å². The van der Waals surface area contributed by atoms with E-state index in [2.05, 4.69) is 78.9 Å². The fourth-order valence-corrected chi connectivity index (χ4v) is 5.86. The van der Waals surface area contributed by atoms with Gasteiger partial charge in [-0.2, -0.15) is 0 Å². The Labute approximate surface area is 203 Å². The number of fused-ring (bicyclic) bond motifs is 1. The van der Waals surface area contributed by atoms with Gasteiger partial charge < -0.3 is 15.0 Å². The number of nitrogens with zero attached hydrogens (tertiary/aromatic N) is 3. The zero-order chi connectivity index (χ0) is 23.5. The van der Waals surface area contributed by atoms with Crippen LogP contribution in [0, 0.1) is 17.8 Å². The highest BCUT2D eigenvalue weighted by atomic mass is 16.5. The third-order valence-corrected chi connectivity index (χ3v) is 7.91. The molecule has 5 heteroatoms. The Morgan fingerprint density at radius 3 is 2.44 bits per heavy atom. The Hall–Kier alpha value is -2.50. The number of hydrogen-bond acceptors (Lipinski definition) is 5. The van der Waals surface area contributed by atoms with Crippen LogP contribution in [0.25, 0.3) is 10.9 Å². The van der Waals surface area contributed by atoms with E-state index in [0.717, 1.165) is 53.4 Å². The van der Waals surface area contributed by atoms with Gasteiger partial charge in [0.05, 0.1) is 11.6 Å². The molecule has 1 aromatic heterocycles. The molecule has 3 atom stereocenters. The highest BCUT2D eigenvalue weighted by molar-refractivity contribution is 5.89. The molecule has 0 amide bonds. The average molecular weight is 459 g/mol. The molecule has 0 saturated heterocycles. The number of rotatable bonds is 9. The van der Waals surface area contributed by atoms with Crippen LogP contribution in [0.5, 0.6) is 0 Å². The maximum absolute atomic E-state index is 5.71. The highest BCUT2D eigenvalue weighted by Crippen LogP contribution is 2.55. The second-order valence-corrected chi connectivity index (χ2v) is 10.4. The minimum Gasteiger partial charge on any atom is -0.375 e. The molecule has 2 aliphatic carbocycles. The molecule has 1 heterocycles. The molecule has 0 spiro atoms. The molecule has 1 N–H and O–H groups in total. The van der Waals surface area contributed by atoms with Gasteiger partial charge in [0, 0.05) is 39.1 Å².